The summed E-state index contributed by atoms with van der Waals surface area (Å²) in [6.45, 7) is 3.71. The van der Waals surface area contributed by atoms with Gasteiger partial charge >= 0.3 is 5.97 Å². The van der Waals surface area contributed by atoms with E-state index in [1.165, 1.54) is 18.4 Å². The second kappa shape index (κ2) is 12.2. The van der Waals surface area contributed by atoms with E-state index in [9.17, 15) is 9.90 Å². The van der Waals surface area contributed by atoms with Gasteiger partial charge in [-0.3, -0.25) is 4.79 Å². The molecule has 34 heavy (non-hydrogen) atoms. The number of esters is 1. The molecule has 6 heteroatoms. The number of halogens is 1. The Morgan fingerprint density at radius 2 is 1.71 bits per heavy atom. The molecule has 2 bridgehead atoms. The summed E-state index contributed by atoms with van der Waals surface area (Å²) >= 11 is 0. The van der Waals surface area contributed by atoms with Crippen molar-refractivity contribution in [1.29, 1.82) is 0 Å². The number of rotatable bonds is 10. The van der Waals surface area contributed by atoms with Crippen LogP contribution in [0.3, 0.4) is 0 Å². The number of unbranched alkanes of at least 4 members (excludes halogenated alkanes) is 1. The quantitative estimate of drug-likeness (QED) is 0.288. The van der Waals surface area contributed by atoms with Gasteiger partial charge in [-0.2, -0.15) is 0 Å². The lowest BCUT2D eigenvalue weighted by Crippen LogP contribution is -3.00. The number of hydrogen-bond acceptors (Lipinski definition) is 4. The van der Waals surface area contributed by atoms with E-state index in [0.29, 0.717) is 12.1 Å². The van der Waals surface area contributed by atoms with Gasteiger partial charge in [-0.15, -0.1) is 0 Å². The van der Waals surface area contributed by atoms with E-state index in [-0.39, 0.29) is 35.7 Å². The van der Waals surface area contributed by atoms with Crippen molar-refractivity contribution in [2.24, 2.45) is 0 Å². The normalized spacial score (nSPS) is 26.4. The van der Waals surface area contributed by atoms with Gasteiger partial charge < -0.3 is 36.0 Å². The van der Waals surface area contributed by atoms with Crippen molar-refractivity contribution in [1.82, 2.24) is 0 Å². The highest BCUT2D eigenvalue weighted by molar-refractivity contribution is 5.78. The number of ether oxygens (including phenoxy) is 2. The van der Waals surface area contributed by atoms with Crippen molar-refractivity contribution in [3.63, 3.8) is 0 Å². The van der Waals surface area contributed by atoms with Gasteiger partial charge in [-0.05, 0) is 36.2 Å². The van der Waals surface area contributed by atoms with Gasteiger partial charge in [0.05, 0.1) is 32.3 Å². The fourth-order valence-electron chi connectivity index (χ4n) is 5.71. The van der Waals surface area contributed by atoms with Gasteiger partial charge in [0.2, 0.25) is 0 Å². The standard InChI is InChI=1S/C28H38NO4.BrH/c1-3-4-16-32-25-14-10-21(11-15-25)19-29(2)23-12-13-24(29)18-26(17-23)33-28(31)27(20-30)22-8-6-5-7-9-22;/h5-11,14-15,23-24,26-27,30H,3-4,12-13,16-20H2,1-2H3;1H/q+1;/p-1/t23?,24?,26?,27-,29?;/m0./s1. The van der Waals surface area contributed by atoms with E-state index in [1.54, 1.807) is 0 Å². The molecule has 2 saturated heterocycles. The number of carbonyl (C=O) groups is 1. The van der Waals surface area contributed by atoms with Crippen LogP contribution in [0.4, 0.5) is 0 Å². The molecule has 0 radical (unpaired) electrons. The molecule has 5 nitrogen and oxygen atoms in total. The number of nitrogens with zero attached hydrogens (tertiary/aromatic N) is 1. The minimum Gasteiger partial charge on any atom is -1.00 e. The highest BCUT2D eigenvalue weighted by Gasteiger charge is 2.52. The van der Waals surface area contributed by atoms with Crippen LogP contribution in [0.15, 0.2) is 54.6 Å². The zero-order valence-electron chi connectivity index (χ0n) is 20.4. The molecule has 2 heterocycles. The van der Waals surface area contributed by atoms with E-state index in [0.717, 1.165) is 54.6 Å². The van der Waals surface area contributed by atoms with Crippen molar-refractivity contribution in [2.75, 3.05) is 20.3 Å². The summed E-state index contributed by atoms with van der Waals surface area (Å²) in [5.41, 5.74) is 2.14. The minimum atomic E-state index is -0.607. The molecule has 3 atom stereocenters. The van der Waals surface area contributed by atoms with Crippen LogP contribution in [0.5, 0.6) is 5.75 Å². The third kappa shape index (κ3) is 6.02. The highest BCUT2D eigenvalue weighted by atomic mass is 79.9. The smallest absolute Gasteiger partial charge is 0.316 e. The average Bonchev–Trinajstić information content (AvgIpc) is 2.98. The van der Waals surface area contributed by atoms with Crippen molar-refractivity contribution >= 4 is 5.97 Å². The first kappa shape index (κ1) is 26.7. The molecule has 2 unspecified atom stereocenters. The summed E-state index contributed by atoms with van der Waals surface area (Å²) in [5, 5.41) is 9.81. The first-order valence-corrected chi connectivity index (χ1v) is 12.5. The maximum Gasteiger partial charge on any atom is 0.316 e. The minimum absolute atomic E-state index is 0. The summed E-state index contributed by atoms with van der Waals surface area (Å²) in [5.74, 6) is 0.0351. The van der Waals surface area contributed by atoms with Crippen LogP contribution in [0.25, 0.3) is 0 Å². The Morgan fingerprint density at radius 3 is 2.29 bits per heavy atom. The molecule has 2 aromatic carbocycles. The zero-order valence-corrected chi connectivity index (χ0v) is 22.0. The van der Waals surface area contributed by atoms with Gasteiger partial charge in [-0.25, -0.2) is 0 Å². The molecule has 2 fully saturated rings. The number of aliphatic hydroxyl groups excluding tert-OH is 1. The highest BCUT2D eigenvalue weighted by Crippen LogP contribution is 2.43. The molecule has 2 aliphatic rings. The van der Waals surface area contributed by atoms with Crippen LogP contribution < -0.4 is 21.7 Å². The maximum atomic E-state index is 12.9. The lowest BCUT2D eigenvalue weighted by atomic mass is 9.95. The molecular formula is C28H38BrNO4. The Hall–Kier alpha value is -1.89. The molecule has 0 amide bonds. The number of carbonyl (C=O) groups excluding carboxylic acids is 1. The van der Waals surface area contributed by atoms with Crippen molar-refractivity contribution in [3.05, 3.63) is 65.7 Å². The molecule has 1 N–H and O–H groups in total. The summed E-state index contributed by atoms with van der Waals surface area (Å²) in [6, 6.07) is 19.0. The van der Waals surface area contributed by atoms with Gasteiger partial charge in [0.25, 0.3) is 0 Å². The molecule has 2 aromatic rings. The molecule has 0 aliphatic carbocycles. The average molecular weight is 533 g/mol. The largest absolute Gasteiger partial charge is 1.00 e. The molecule has 4 rings (SSSR count). The Bertz CT molecular complexity index is 890. The maximum absolute atomic E-state index is 12.9. The third-order valence-corrected chi connectivity index (χ3v) is 7.74. The first-order valence-electron chi connectivity index (χ1n) is 12.5. The molecular weight excluding hydrogens is 494 g/mol. The van der Waals surface area contributed by atoms with E-state index < -0.39 is 5.92 Å². The molecule has 0 spiro atoms. The second-order valence-corrected chi connectivity index (χ2v) is 9.91. The summed E-state index contributed by atoms with van der Waals surface area (Å²) < 4.78 is 12.8. The van der Waals surface area contributed by atoms with Gasteiger partial charge in [0, 0.05) is 31.2 Å². The lowest BCUT2D eigenvalue weighted by molar-refractivity contribution is -0.961. The van der Waals surface area contributed by atoms with Crippen LogP contribution in [0.1, 0.15) is 62.5 Å². The number of hydrogen-bond donors (Lipinski definition) is 1. The second-order valence-electron chi connectivity index (χ2n) is 9.91. The Labute approximate surface area is 214 Å². The van der Waals surface area contributed by atoms with Crippen LogP contribution in [0, 0.1) is 0 Å². The van der Waals surface area contributed by atoms with Crippen molar-refractivity contribution < 1.29 is 40.8 Å². The molecule has 186 valence electrons. The van der Waals surface area contributed by atoms with E-state index in [2.05, 4.69) is 38.2 Å². The Kier molecular flexibility index (Phi) is 9.57. The van der Waals surface area contributed by atoms with Crippen LogP contribution in [-0.4, -0.2) is 54.0 Å². The Balaban J connectivity index is 0.00000324. The zero-order chi connectivity index (χ0) is 23.3. The van der Waals surface area contributed by atoms with Crippen molar-refractivity contribution in [2.45, 2.75) is 76.1 Å². The summed E-state index contributed by atoms with van der Waals surface area (Å²) in [7, 11) is 2.37. The number of fused-ring (bicyclic) bond motifs is 2. The monoisotopic (exact) mass is 531 g/mol. The van der Waals surface area contributed by atoms with E-state index in [1.807, 2.05) is 30.3 Å². The number of benzene rings is 2. The third-order valence-electron chi connectivity index (χ3n) is 7.74. The molecule has 0 saturated carbocycles. The summed E-state index contributed by atoms with van der Waals surface area (Å²) in [6.07, 6.45) is 6.29. The number of aliphatic hydroxyl groups is 1. The van der Waals surface area contributed by atoms with E-state index in [4.69, 9.17) is 9.47 Å². The van der Waals surface area contributed by atoms with E-state index >= 15 is 0 Å². The predicted octanol–water partition coefficient (Wildman–Crippen LogP) is 1.83. The number of piperidine rings is 1. The van der Waals surface area contributed by atoms with Crippen LogP contribution in [-0.2, 0) is 16.1 Å². The first-order chi connectivity index (χ1) is 16.0. The Morgan fingerprint density at radius 1 is 1.06 bits per heavy atom. The molecule has 2 aliphatic heterocycles. The van der Waals surface area contributed by atoms with Crippen LogP contribution in [0.2, 0.25) is 0 Å². The topological polar surface area (TPSA) is 55.8 Å². The fourth-order valence-corrected chi connectivity index (χ4v) is 5.71. The van der Waals surface area contributed by atoms with Crippen molar-refractivity contribution in [3.8, 4) is 5.75 Å². The predicted molar refractivity (Wildman–Crippen MR) is 129 cm³/mol. The van der Waals surface area contributed by atoms with Gasteiger partial charge in [0.15, 0.2) is 0 Å². The lowest BCUT2D eigenvalue weighted by Gasteiger charge is -2.47. The van der Waals surface area contributed by atoms with Gasteiger partial charge in [0.1, 0.15) is 24.3 Å². The van der Waals surface area contributed by atoms with Gasteiger partial charge in [-0.1, -0.05) is 43.7 Å². The number of quaternary nitrogens is 1. The molecule has 0 aromatic heterocycles. The fraction of sp³-hybridized carbons (Fsp3) is 0.536. The van der Waals surface area contributed by atoms with Crippen LogP contribution >= 0.6 is 0 Å². The summed E-state index contributed by atoms with van der Waals surface area (Å²) in [4.78, 5) is 12.9. The SMILES string of the molecule is CCCCOc1ccc(C[N+]2(C)C3CCC2CC(OC(=O)[C@@H](CO)c2ccccc2)C3)cc1.[Br-].